The molecule has 0 saturated heterocycles. The van der Waals surface area contributed by atoms with Crippen molar-refractivity contribution in [2.75, 3.05) is 0 Å². The van der Waals surface area contributed by atoms with Gasteiger partial charge >= 0.3 is 0 Å². The molecule has 0 spiro atoms. The summed E-state index contributed by atoms with van der Waals surface area (Å²) in [6.07, 6.45) is 4.24. The topological polar surface area (TPSA) is 4.93 Å². The normalized spacial score (nSPS) is 12.1. The fraction of sp³-hybridized carbons (Fsp3) is 0.556. The maximum atomic E-state index is 3.53. The van der Waals surface area contributed by atoms with E-state index in [1.807, 2.05) is 7.05 Å². The van der Waals surface area contributed by atoms with E-state index in [0.29, 0.717) is 0 Å². The summed E-state index contributed by atoms with van der Waals surface area (Å²) in [6, 6.07) is 0. The van der Waals surface area contributed by atoms with E-state index in [-0.39, 0.29) is 5.41 Å². The van der Waals surface area contributed by atoms with Crippen LogP contribution in [0.5, 0.6) is 0 Å². The summed E-state index contributed by atoms with van der Waals surface area (Å²) in [6.45, 7) is 6.65. The van der Waals surface area contributed by atoms with E-state index < -0.39 is 0 Å². The third kappa shape index (κ3) is 1.86. The summed E-state index contributed by atoms with van der Waals surface area (Å²) >= 11 is 3.53. The van der Waals surface area contributed by atoms with Crippen LogP contribution in [-0.2, 0) is 12.5 Å². The minimum absolute atomic E-state index is 0.236. The lowest BCUT2D eigenvalue weighted by molar-refractivity contribution is 0.586. The Morgan fingerprint density at radius 3 is 2.00 bits per heavy atom. The third-order valence-corrected chi connectivity index (χ3v) is 2.35. The van der Waals surface area contributed by atoms with Gasteiger partial charge in [0, 0.05) is 23.9 Å². The molecule has 1 aromatic rings. The number of aromatic nitrogens is 1. The summed E-state index contributed by atoms with van der Waals surface area (Å²) in [5.74, 6) is 0. The molecule has 0 radical (unpaired) electrons. The van der Waals surface area contributed by atoms with Crippen LogP contribution in [-0.4, -0.2) is 4.57 Å². The number of halogens is 1. The smallest absolute Gasteiger partial charge is 0.0389 e. The van der Waals surface area contributed by atoms with Crippen molar-refractivity contribution in [1.29, 1.82) is 0 Å². The molecule has 0 atom stereocenters. The van der Waals surface area contributed by atoms with Crippen LogP contribution in [0.15, 0.2) is 16.9 Å². The van der Waals surface area contributed by atoms with E-state index in [9.17, 15) is 0 Å². The largest absolute Gasteiger partial charge is 0.356 e. The molecule has 0 aliphatic carbocycles. The van der Waals surface area contributed by atoms with Gasteiger partial charge in [0.25, 0.3) is 0 Å². The predicted molar refractivity (Wildman–Crippen MR) is 51.8 cm³/mol. The summed E-state index contributed by atoms with van der Waals surface area (Å²) < 4.78 is 3.28. The average molecular weight is 216 g/mol. The molecule has 0 bridgehead atoms. The van der Waals surface area contributed by atoms with Crippen LogP contribution in [0.1, 0.15) is 26.3 Å². The van der Waals surface area contributed by atoms with E-state index in [4.69, 9.17) is 0 Å². The lowest BCUT2D eigenvalue weighted by Crippen LogP contribution is -2.10. The van der Waals surface area contributed by atoms with Crippen LogP contribution in [0.25, 0.3) is 0 Å². The Hall–Kier alpha value is -0.240. The molecule has 11 heavy (non-hydrogen) atoms. The van der Waals surface area contributed by atoms with E-state index in [1.165, 1.54) is 10.0 Å². The fourth-order valence-electron chi connectivity index (χ4n) is 1.10. The molecule has 0 unspecified atom stereocenters. The first-order valence-corrected chi connectivity index (χ1v) is 4.52. The Labute approximate surface area is 76.5 Å². The van der Waals surface area contributed by atoms with Crippen molar-refractivity contribution in [3.8, 4) is 0 Å². The molecule has 0 amide bonds. The van der Waals surface area contributed by atoms with Crippen LogP contribution in [0, 0.1) is 0 Å². The highest BCUT2D eigenvalue weighted by molar-refractivity contribution is 9.10. The van der Waals surface area contributed by atoms with Crippen LogP contribution in [0.4, 0.5) is 0 Å². The second-order valence-electron chi connectivity index (χ2n) is 3.94. The average Bonchev–Trinajstić information content (AvgIpc) is 2.08. The van der Waals surface area contributed by atoms with E-state index >= 15 is 0 Å². The molecule has 62 valence electrons. The Morgan fingerprint density at radius 1 is 1.27 bits per heavy atom. The monoisotopic (exact) mass is 215 g/mol. The maximum Gasteiger partial charge on any atom is 0.0389 e. The molecular formula is C9H14BrN. The molecule has 0 saturated carbocycles. The van der Waals surface area contributed by atoms with Crippen molar-refractivity contribution in [1.82, 2.24) is 4.57 Å². The van der Waals surface area contributed by atoms with Crippen LogP contribution in [0.2, 0.25) is 0 Å². The van der Waals surface area contributed by atoms with Gasteiger partial charge in [0.05, 0.1) is 0 Å². The lowest BCUT2D eigenvalue weighted by Gasteiger charge is -2.17. The molecule has 2 heteroatoms. The van der Waals surface area contributed by atoms with E-state index in [0.717, 1.165) is 0 Å². The van der Waals surface area contributed by atoms with Crippen LogP contribution in [0.3, 0.4) is 0 Å². The zero-order valence-corrected chi connectivity index (χ0v) is 9.07. The van der Waals surface area contributed by atoms with Gasteiger partial charge in [-0.3, -0.25) is 0 Å². The second-order valence-corrected chi connectivity index (χ2v) is 4.79. The van der Waals surface area contributed by atoms with Gasteiger partial charge in [-0.2, -0.15) is 0 Å². The predicted octanol–water partition coefficient (Wildman–Crippen LogP) is 3.09. The summed E-state index contributed by atoms with van der Waals surface area (Å²) in [4.78, 5) is 0. The third-order valence-electron chi connectivity index (χ3n) is 1.72. The highest BCUT2D eigenvalue weighted by atomic mass is 79.9. The Morgan fingerprint density at radius 2 is 1.82 bits per heavy atom. The van der Waals surface area contributed by atoms with Gasteiger partial charge in [0.2, 0.25) is 0 Å². The van der Waals surface area contributed by atoms with Crippen molar-refractivity contribution in [2.24, 2.45) is 7.05 Å². The highest BCUT2D eigenvalue weighted by Gasteiger charge is 2.17. The SMILES string of the molecule is Cn1cc(Br)c(C(C)(C)C)c1. The quantitative estimate of drug-likeness (QED) is 0.628. The molecule has 0 aliphatic heterocycles. The highest BCUT2D eigenvalue weighted by Crippen LogP contribution is 2.29. The molecule has 0 aromatic carbocycles. The van der Waals surface area contributed by atoms with Crippen molar-refractivity contribution in [3.05, 3.63) is 22.4 Å². The number of hydrogen-bond acceptors (Lipinski definition) is 0. The molecule has 0 fully saturated rings. The van der Waals surface area contributed by atoms with E-state index in [1.54, 1.807) is 0 Å². The molecule has 1 rings (SSSR count). The number of hydrogen-bond donors (Lipinski definition) is 0. The van der Waals surface area contributed by atoms with Gasteiger partial charge in [0.15, 0.2) is 0 Å². The lowest BCUT2D eigenvalue weighted by atomic mass is 9.89. The molecule has 0 aliphatic rings. The summed E-state index contributed by atoms with van der Waals surface area (Å²) in [5.41, 5.74) is 1.60. The zero-order chi connectivity index (χ0) is 8.65. The van der Waals surface area contributed by atoms with Gasteiger partial charge in [-0.25, -0.2) is 0 Å². The zero-order valence-electron chi connectivity index (χ0n) is 7.48. The van der Waals surface area contributed by atoms with Crippen molar-refractivity contribution >= 4 is 15.9 Å². The van der Waals surface area contributed by atoms with Gasteiger partial charge in [-0.05, 0) is 26.9 Å². The standard InChI is InChI=1S/C9H14BrN/c1-9(2,3)7-5-11(4)6-8(7)10/h5-6H,1-4H3. The number of aryl methyl sites for hydroxylation is 1. The number of rotatable bonds is 0. The van der Waals surface area contributed by atoms with E-state index in [2.05, 4.69) is 53.7 Å². The summed E-state index contributed by atoms with van der Waals surface area (Å²) in [5, 5.41) is 0. The fourth-order valence-corrected chi connectivity index (χ4v) is 2.12. The minimum atomic E-state index is 0.236. The van der Waals surface area contributed by atoms with Crippen molar-refractivity contribution in [3.63, 3.8) is 0 Å². The second kappa shape index (κ2) is 2.67. The van der Waals surface area contributed by atoms with Crippen LogP contribution < -0.4 is 0 Å². The van der Waals surface area contributed by atoms with Crippen molar-refractivity contribution < 1.29 is 0 Å². The first kappa shape index (κ1) is 8.85. The molecule has 1 heterocycles. The van der Waals surface area contributed by atoms with Gasteiger partial charge in [0.1, 0.15) is 0 Å². The van der Waals surface area contributed by atoms with Gasteiger partial charge in [-0.1, -0.05) is 20.8 Å². The molecule has 1 nitrogen and oxygen atoms in total. The first-order valence-electron chi connectivity index (χ1n) is 3.73. The Bertz CT molecular complexity index is 255. The molecule has 1 aromatic heterocycles. The number of nitrogens with zero attached hydrogens (tertiary/aromatic N) is 1. The maximum absolute atomic E-state index is 3.53. The van der Waals surface area contributed by atoms with Crippen LogP contribution >= 0.6 is 15.9 Å². The molecule has 0 N–H and O–H groups in total. The van der Waals surface area contributed by atoms with Gasteiger partial charge in [-0.15, -0.1) is 0 Å². The minimum Gasteiger partial charge on any atom is -0.356 e. The first-order chi connectivity index (χ1) is 4.91. The van der Waals surface area contributed by atoms with Crippen molar-refractivity contribution in [2.45, 2.75) is 26.2 Å². The van der Waals surface area contributed by atoms with Gasteiger partial charge < -0.3 is 4.57 Å². The summed E-state index contributed by atoms with van der Waals surface area (Å²) in [7, 11) is 2.04. The molecular weight excluding hydrogens is 202 g/mol. The Kier molecular flexibility index (Phi) is 2.15. The Balaban J connectivity index is 3.13.